The predicted molar refractivity (Wildman–Crippen MR) is 239 cm³/mol. The van der Waals surface area contributed by atoms with Crippen molar-refractivity contribution in [2.24, 2.45) is 0 Å². The Morgan fingerprint density at radius 2 is 0.947 bits per heavy atom. The van der Waals surface area contributed by atoms with E-state index >= 15 is 0 Å². The van der Waals surface area contributed by atoms with Crippen LogP contribution in [0.4, 0.5) is 17.1 Å². The van der Waals surface area contributed by atoms with Gasteiger partial charge in [0, 0.05) is 38.4 Å². The van der Waals surface area contributed by atoms with Crippen molar-refractivity contribution in [1.29, 1.82) is 0 Å². The molecule has 0 fully saturated rings. The van der Waals surface area contributed by atoms with Gasteiger partial charge in [0.15, 0.2) is 5.58 Å². The molecular weight excluding hydrogens is 693 g/mol. The molecule has 11 aromatic rings. The summed E-state index contributed by atoms with van der Waals surface area (Å²) in [5, 5.41) is 4.60. The molecule has 0 saturated carbocycles. The molecule has 0 atom stereocenters. The second-order valence-corrected chi connectivity index (χ2v) is 14.5. The first-order valence-electron chi connectivity index (χ1n) is 19.4. The number of nitrogens with zero attached hydrogens (tertiary/aromatic N) is 2. The third kappa shape index (κ3) is 5.51. The fraction of sp³-hybridized carbons (Fsp3) is 0. The largest absolute Gasteiger partial charge is 0.454 e. The van der Waals surface area contributed by atoms with Crippen molar-refractivity contribution in [2.45, 2.75) is 0 Å². The Balaban J connectivity index is 1.21. The van der Waals surface area contributed by atoms with E-state index in [2.05, 4.69) is 222 Å². The lowest BCUT2D eigenvalue weighted by Crippen LogP contribution is -2.11. The first-order valence-corrected chi connectivity index (χ1v) is 19.4. The van der Waals surface area contributed by atoms with Gasteiger partial charge in [-0.05, 0) is 70.8 Å². The molecule has 2 aromatic heterocycles. The van der Waals surface area contributed by atoms with Crippen LogP contribution in [-0.2, 0) is 0 Å². The molecule has 0 N–H and O–H groups in total. The van der Waals surface area contributed by atoms with E-state index in [4.69, 9.17) is 4.42 Å². The molecule has 0 amide bonds. The molecule has 0 spiro atoms. The van der Waals surface area contributed by atoms with Crippen molar-refractivity contribution < 1.29 is 4.42 Å². The number of fused-ring (bicyclic) bond motifs is 6. The third-order valence-electron chi connectivity index (χ3n) is 11.2. The van der Waals surface area contributed by atoms with E-state index in [1.165, 1.54) is 33.0 Å². The van der Waals surface area contributed by atoms with Gasteiger partial charge in [-0.3, -0.25) is 0 Å². The minimum atomic E-state index is 0.852. The van der Waals surface area contributed by atoms with Crippen molar-refractivity contribution in [3.05, 3.63) is 218 Å². The van der Waals surface area contributed by atoms with Crippen LogP contribution in [0, 0.1) is 0 Å². The molecule has 0 aliphatic rings. The normalized spacial score (nSPS) is 11.5. The van der Waals surface area contributed by atoms with Gasteiger partial charge in [-0.2, -0.15) is 0 Å². The zero-order valence-corrected chi connectivity index (χ0v) is 31.1. The molecule has 0 bridgehead atoms. The summed E-state index contributed by atoms with van der Waals surface area (Å²) < 4.78 is 9.20. The molecule has 0 saturated heterocycles. The van der Waals surface area contributed by atoms with Gasteiger partial charge in [-0.15, -0.1) is 0 Å². The lowest BCUT2D eigenvalue weighted by molar-refractivity contribution is 0.669. The molecule has 11 rings (SSSR count). The summed E-state index contributed by atoms with van der Waals surface area (Å²) in [5.41, 5.74) is 15.2. The fourth-order valence-corrected chi connectivity index (χ4v) is 8.59. The average Bonchev–Trinajstić information content (AvgIpc) is 3.83. The van der Waals surface area contributed by atoms with Gasteiger partial charge in [-0.25, -0.2) is 0 Å². The van der Waals surface area contributed by atoms with Crippen molar-refractivity contribution in [3.8, 4) is 39.1 Å². The fourth-order valence-electron chi connectivity index (χ4n) is 8.59. The molecule has 3 heteroatoms. The Bertz CT molecular complexity index is 3230. The van der Waals surface area contributed by atoms with Crippen molar-refractivity contribution in [1.82, 2.24) is 4.57 Å². The monoisotopic (exact) mass is 728 g/mol. The maximum Gasteiger partial charge on any atom is 0.159 e. The van der Waals surface area contributed by atoms with E-state index in [1.54, 1.807) is 0 Å². The zero-order valence-electron chi connectivity index (χ0n) is 31.1. The van der Waals surface area contributed by atoms with Crippen LogP contribution in [0.15, 0.2) is 223 Å². The van der Waals surface area contributed by atoms with Gasteiger partial charge in [0.2, 0.25) is 0 Å². The summed E-state index contributed by atoms with van der Waals surface area (Å²) in [6, 6.07) is 78.1. The molecule has 9 aromatic carbocycles. The maximum atomic E-state index is 6.75. The van der Waals surface area contributed by atoms with E-state index in [0.29, 0.717) is 0 Å². The summed E-state index contributed by atoms with van der Waals surface area (Å²) in [6.07, 6.45) is 0. The van der Waals surface area contributed by atoms with Crippen LogP contribution in [0.25, 0.3) is 82.8 Å². The minimum Gasteiger partial charge on any atom is -0.454 e. The van der Waals surface area contributed by atoms with Crippen molar-refractivity contribution >= 4 is 60.8 Å². The number of anilines is 3. The number of hydrogen-bond donors (Lipinski definition) is 0. The number of rotatable bonds is 7. The summed E-state index contributed by atoms with van der Waals surface area (Å²) in [6.45, 7) is 0. The van der Waals surface area contributed by atoms with Crippen LogP contribution in [0.3, 0.4) is 0 Å². The van der Waals surface area contributed by atoms with Crippen molar-refractivity contribution in [3.63, 3.8) is 0 Å². The van der Waals surface area contributed by atoms with E-state index in [9.17, 15) is 0 Å². The zero-order chi connectivity index (χ0) is 37.7. The number of aromatic nitrogens is 1. The molecule has 57 heavy (non-hydrogen) atoms. The molecule has 268 valence electrons. The predicted octanol–water partition coefficient (Wildman–Crippen LogP) is 15.2. The van der Waals surface area contributed by atoms with Crippen LogP contribution >= 0.6 is 0 Å². The van der Waals surface area contributed by atoms with Gasteiger partial charge < -0.3 is 13.9 Å². The van der Waals surface area contributed by atoms with E-state index in [0.717, 1.165) is 66.8 Å². The topological polar surface area (TPSA) is 21.3 Å². The quantitative estimate of drug-likeness (QED) is 0.163. The maximum absolute atomic E-state index is 6.75. The SMILES string of the molecule is c1ccc(-c2ccc(-n3c4ccccc4c4ccc(N(c5ccccc5-c5ccccc5)c5cccc6c5oc5ccccc56)cc43)c(-c3ccccc3)c2)cc1. The van der Waals surface area contributed by atoms with Gasteiger partial charge in [0.1, 0.15) is 5.58 Å². The lowest BCUT2D eigenvalue weighted by Gasteiger charge is -2.28. The Kier molecular flexibility index (Phi) is 7.82. The van der Waals surface area contributed by atoms with Crippen LogP contribution < -0.4 is 4.90 Å². The van der Waals surface area contributed by atoms with Gasteiger partial charge >= 0.3 is 0 Å². The first-order chi connectivity index (χ1) is 28.3. The molecule has 0 radical (unpaired) electrons. The Morgan fingerprint density at radius 3 is 1.74 bits per heavy atom. The summed E-state index contributed by atoms with van der Waals surface area (Å²) in [5.74, 6) is 0. The Hall–Kier alpha value is -7.62. The number of hydrogen-bond acceptors (Lipinski definition) is 2. The van der Waals surface area contributed by atoms with E-state index in [-0.39, 0.29) is 0 Å². The summed E-state index contributed by atoms with van der Waals surface area (Å²) >= 11 is 0. The molecule has 0 unspecified atom stereocenters. The number of benzene rings is 9. The van der Waals surface area contributed by atoms with Gasteiger partial charge in [0.05, 0.1) is 28.1 Å². The number of para-hydroxylation sites is 4. The molecule has 0 aliphatic carbocycles. The van der Waals surface area contributed by atoms with E-state index < -0.39 is 0 Å². The highest BCUT2D eigenvalue weighted by molar-refractivity contribution is 6.13. The van der Waals surface area contributed by atoms with Crippen LogP contribution in [0.5, 0.6) is 0 Å². The first kappa shape index (κ1) is 32.8. The van der Waals surface area contributed by atoms with Gasteiger partial charge in [0.25, 0.3) is 0 Å². The Labute approximate surface area is 330 Å². The second kappa shape index (κ2) is 13.6. The van der Waals surface area contributed by atoms with E-state index in [1.807, 2.05) is 6.07 Å². The molecule has 0 aliphatic heterocycles. The summed E-state index contributed by atoms with van der Waals surface area (Å²) in [4.78, 5) is 2.38. The molecular formula is C54H36N2O. The van der Waals surface area contributed by atoms with Crippen LogP contribution in [0.1, 0.15) is 0 Å². The second-order valence-electron chi connectivity index (χ2n) is 14.5. The number of furan rings is 1. The van der Waals surface area contributed by atoms with Crippen molar-refractivity contribution in [2.75, 3.05) is 4.90 Å². The highest BCUT2D eigenvalue weighted by Crippen LogP contribution is 2.47. The summed E-state index contributed by atoms with van der Waals surface area (Å²) in [7, 11) is 0. The van der Waals surface area contributed by atoms with Crippen LogP contribution in [-0.4, -0.2) is 4.57 Å². The van der Waals surface area contributed by atoms with Crippen LogP contribution in [0.2, 0.25) is 0 Å². The average molecular weight is 729 g/mol. The van der Waals surface area contributed by atoms with Gasteiger partial charge in [-0.1, -0.05) is 170 Å². The third-order valence-corrected chi connectivity index (χ3v) is 11.2. The minimum absolute atomic E-state index is 0.852. The highest BCUT2D eigenvalue weighted by Gasteiger charge is 2.24. The molecule has 2 heterocycles. The Morgan fingerprint density at radius 1 is 0.351 bits per heavy atom. The smallest absolute Gasteiger partial charge is 0.159 e. The standard InChI is InChI=1S/C54H36N2O/c1-4-17-37(18-5-1)40-31-34-50(47(35-40)39-21-8-3-9-22-39)56-49-28-14-11-24-43(49)44-33-32-41(36-52(44)56)55(48-27-13-10-23-42(48)38-19-6-2-7-20-38)51-29-16-26-46-45-25-12-15-30-53(45)57-54(46)51/h1-36H. The highest BCUT2D eigenvalue weighted by atomic mass is 16.3. The molecule has 3 nitrogen and oxygen atoms in total. The lowest BCUT2D eigenvalue weighted by atomic mass is 9.97.